The number of sulfone groups is 1. The van der Waals surface area contributed by atoms with Gasteiger partial charge >= 0.3 is 5.97 Å². The van der Waals surface area contributed by atoms with Crippen molar-refractivity contribution in [3.8, 4) is 5.75 Å². The minimum absolute atomic E-state index is 0.0283. The van der Waals surface area contributed by atoms with E-state index in [1.807, 2.05) is 13.8 Å². The Hall–Kier alpha value is -1.38. The molecule has 2 aromatic carbocycles. The maximum Gasteiger partial charge on any atom is 0.309 e. The number of hydrogen-bond acceptors (Lipinski definition) is 5. The van der Waals surface area contributed by atoms with Gasteiger partial charge in [-0.1, -0.05) is 13.8 Å². The molecule has 0 radical (unpaired) electrons. The quantitative estimate of drug-likeness (QED) is 0.601. The third-order valence-corrected chi connectivity index (χ3v) is 7.46. The summed E-state index contributed by atoms with van der Waals surface area (Å²) in [5.41, 5.74) is 1.17. The number of benzene rings is 2. The normalized spacial score (nSPS) is 11.6. The first kappa shape index (κ1) is 20.9. The number of carbonyl (C=O) groups is 1. The zero-order valence-electron chi connectivity index (χ0n) is 14.4. The van der Waals surface area contributed by atoms with Gasteiger partial charge in [0.05, 0.1) is 18.4 Å². The minimum Gasteiger partial charge on any atom is -0.508 e. The Bertz CT molecular complexity index is 929. The van der Waals surface area contributed by atoms with E-state index >= 15 is 0 Å². The fourth-order valence-corrected chi connectivity index (χ4v) is 6.45. The highest BCUT2D eigenvalue weighted by Gasteiger charge is 2.26. The largest absolute Gasteiger partial charge is 0.508 e. The predicted molar refractivity (Wildman–Crippen MR) is 105 cm³/mol. The van der Waals surface area contributed by atoms with Gasteiger partial charge in [-0.25, -0.2) is 8.42 Å². The van der Waals surface area contributed by atoms with Crippen LogP contribution in [-0.4, -0.2) is 26.6 Å². The number of phenolic OH excluding ortho intramolecular Hbond substituents is 1. The van der Waals surface area contributed by atoms with E-state index in [1.165, 1.54) is 25.3 Å². The Balaban J connectivity index is 2.56. The Labute approximate surface area is 169 Å². The molecule has 0 aromatic heterocycles. The van der Waals surface area contributed by atoms with E-state index in [2.05, 4.69) is 36.6 Å². The van der Waals surface area contributed by atoms with Crippen LogP contribution in [0.1, 0.15) is 30.9 Å². The fourth-order valence-electron chi connectivity index (χ4n) is 2.49. The summed E-state index contributed by atoms with van der Waals surface area (Å²) in [5.74, 6) is -0.385. The number of halogens is 2. The average Bonchev–Trinajstić information content (AvgIpc) is 2.53. The number of aromatic hydroxyl groups is 1. The lowest BCUT2D eigenvalue weighted by Crippen LogP contribution is -2.08. The van der Waals surface area contributed by atoms with Gasteiger partial charge < -0.3 is 9.84 Å². The summed E-state index contributed by atoms with van der Waals surface area (Å²) in [6.07, 6.45) is 0.0325. The van der Waals surface area contributed by atoms with Crippen LogP contribution >= 0.6 is 31.9 Å². The summed E-state index contributed by atoms with van der Waals surface area (Å²) in [6.45, 7) is 3.75. The van der Waals surface area contributed by atoms with Crippen molar-refractivity contribution in [2.75, 3.05) is 7.11 Å². The molecule has 8 heteroatoms. The van der Waals surface area contributed by atoms with E-state index in [9.17, 15) is 18.3 Å². The second-order valence-electron chi connectivity index (χ2n) is 6.02. The molecule has 26 heavy (non-hydrogen) atoms. The highest BCUT2D eigenvalue weighted by atomic mass is 79.9. The van der Waals surface area contributed by atoms with Gasteiger partial charge in [-0.05, 0) is 79.2 Å². The standard InChI is InChI=1S/C18H18Br2O5S/c1-10(2)13-9-12(4-5-16(13)21)26(23,24)18-14(19)6-11(7-15(18)20)8-17(22)25-3/h4-7,9-10,21H,8H2,1-3H3. The molecule has 0 aliphatic heterocycles. The second-order valence-corrected chi connectivity index (χ2v) is 9.62. The number of phenols is 1. The Morgan fingerprint density at radius 1 is 1.15 bits per heavy atom. The van der Waals surface area contributed by atoms with Gasteiger partial charge in [0.25, 0.3) is 0 Å². The van der Waals surface area contributed by atoms with Crippen LogP contribution in [-0.2, 0) is 25.8 Å². The molecule has 140 valence electrons. The number of methoxy groups -OCH3 is 1. The van der Waals surface area contributed by atoms with E-state index in [0.717, 1.165) is 0 Å². The molecule has 0 amide bonds. The monoisotopic (exact) mass is 504 g/mol. The predicted octanol–water partition coefficient (Wildman–Crippen LogP) is 4.59. The molecular formula is C18H18Br2O5S. The van der Waals surface area contributed by atoms with Crippen molar-refractivity contribution in [2.45, 2.75) is 36.0 Å². The van der Waals surface area contributed by atoms with E-state index in [4.69, 9.17) is 0 Å². The van der Waals surface area contributed by atoms with Gasteiger partial charge in [-0.3, -0.25) is 4.79 Å². The Morgan fingerprint density at radius 2 is 1.73 bits per heavy atom. The Morgan fingerprint density at radius 3 is 2.23 bits per heavy atom. The summed E-state index contributed by atoms with van der Waals surface area (Å²) in [7, 11) is -2.55. The molecule has 0 spiro atoms. The molecule has 0 saturated heterocycles. The first-order chi connectivity index (χ1) is 12.1. The van der Waals surface area contributed by atoms with Gasteiger partial charge in [0.2, 0.25) is 9.84 Å². The zero-order valence-corrected chi connectivity index (χ0v) is 18.4. The van der Waals surface area contributed by atoms with Crippen LogP contribution in [0.2, 0.25) is 0 Å². The van der Waals surface area contributed by atoms with Gasteiger partial charge in [0, 0.05) is 8.95 Å². The lowest BCUT2D eigenvalue weighted by atomic mass is 10.0. The number of rotatable bonds is 5. The molecule has 0 bridgehead atoms. The van der Waals surface area contributed by atoms with Crippen LogP contribution in [0.5, 0.6) is 5.75 Å². The molecular weight excluding hydrogens is 488 g/mol. The molecule has 0 heterocycles. The third-order valence-electron chi connectivity index (χ3n) is 3.83. The van der Waals surface area contributed by atoms with Crippen LogP contribution in [0, 0.1) is 0 Å². The highest BCUT2D eigenvalue weighted by molar-refractivity contribution is 9.11. The summed E-state index contributed by atoms with van der Waals surface area (Å²) in [5, 5.41) is 9.94. The van der Waals surface area contributed by atoms with Crippen LogP contribution in [0.15, 0.2) is 49.1 Å². The third kappa shape index (κ3) is 4.29. The number of esters is 1. The van der Waals surface area contributed by atoms with Crippen LogP contribution < -0.4 is 0 Å². The first-order valence-electron chi connectivity index (χ1n) is 7.70. The number of ether oxygens (including phenoxy) is 1. The molecule has 0 saturated carbocycles. The minimum atomic E-state index is -3.84. The van der Waals surface area contributed by atoms with E-state index < -0.39 is 15.8 Å². The van der Waals surface area contributed by atoms with Gasteiger partial charge in [0.15, 0.2) is 0 Å². The molecule has 5 nitrogen and oxygen atoms in total. The van der Waals surface area contributed by atoms with Crippen LogP contribution in [0.4, 0.5) is 0 Å². The Kier molecular flexibility index (Phi) is 6.52. The lowest BCUT2D eigenvalue weighted by Gasteiger charge is -2.14. The summed E-state index contributed by atoms with van der Waals surface area (Å²) in [6, 6.07) is 7.40. The summed E-state index contributed by atoms with van der Waals surface area (Å²) >= 11 is 6.59. The van der Waals surface area contributed by atoms with Crippen molar-refractivity contribution >= 4 is 47.7 Å². The zero-order chi connectivity index (χ0) is 19.6. The molecule has 2 aromatic rings. The van der Waals surface area contributed by atoms with Crippen molar-refractivity contribution < 1.29 is 23.1 Å². The summed E-state index contributed by atoms with van der Waals surface area (Å²) in [4.78, 5) is 11.6. The lowest BCUT2D eigenvalue weighted by molar-refractivity contribution is -0.139. The molecule has 0 fully saturated rings. The van der Waals surface area contributed by atoms with Crippen LogP contribution in [0.3, 0.4) is 0 Å². The van der Waals surface area contributed by atoms with E-state index in [0.29, 0.717) is 20.1 Å². The maximum atomic E-state index is 13.1. The molecule has 0 unspecified atom stereocenters. The van der Waals surface area contributed by atoms with Gasteiger partial charge in [-0.15, -0.1) is 0 Å². The molecule has 2 rings (SSSR count). The summed E-state index contributed by atoms with van der Waals surface area (Å²) < 4.78 is 31.5. The van der Waals surface area contributed by atoms with E-state index in [1.54, 1.807) is 12.1 Å². The van der Waals surface area contributed by atoms with Crippen molar-refractivity contribution in [1.29, 1.82) is 0 Å². The van der Waals surface area contributed by atoms with Crippen LogP contribution in [0.25, 0.3) is 0 Å². The number of hydrogen-bond donors (Lipinski definition) is 1. The maximum absolute atomic E-state index is 13.1. The van der Waals surface area contributed by atoms with E-state index in [-0.39, 0.29) is 27.9 Å². The van der Waals surface area contributed by atoms with Crippen molar-refractivity contribution in [1.82, 2.24) is 0 Å². The SMILES string of the molecule is COC(=O)Cc1cc(Br)c(S(=O)(=O)c2ccc(O)c(C(C)C)c2)c(Br)c1. The second kappa shape index (κ2) is 8.10. The molecule has 1 N–H and O–H groups in total. The topological polar surface area (TPSA) is 80.7 Å². The fraction of sp³-hybridized carbons (Fsp3) is 0.278. The van der Waals surface area contributed by atoms with Crippen molar-refractivity contribution in [2.24, 2.45) is 0 Å². The average molecular weight is 506 g/mol. The smallest absolute Gasteiger partial charge is 0.309 e. The molecule has 0 aliphatic rings. The van der Waals surface area contributed by atoms with Crippen molar-refractivity contribution in [3.63, 3.8) is 0 Å². The van der Waals surface area contributed by atoms with Crippen molar-refractivity contribution in [3.05, 3.63) is 50.4 Å². The first-order valence-corrected chi connectivity index (χ1v) is 10.8. The van der Waals surface area contributed by atoms with Gasteiger partial charge in [-0.2, -0.15) is 0 Å². The number of carbonyl (C=O) groups excluding carboxylic acids is 1. The highest BCUT2D eigenvalue weighted by Crippen LogP contribution is 2.37. The van der Waals surface area contributed by atoms with Gasteiger partial charge in [0.1, 0.15) is 10.6 Å². The molecule has 0 aliphatic carbocycles. The molecule has 0 atom stereocenters.